The van der Waals surface area contributed by atoms with Crippen molar-refractivity contribution in [1.29, 1.82) is 0 Å². The van der Waals surface area contributed by atoms with E-state index in [2.05, 4.69) is 10.5 Å². The van der Waals surface area contributed by atoms with E-state index in [1.54, 1.807) is 18.2 Å². The highest BCUT2D eigenvalue weighted by atomic mass is 16.5. The number of hydrogen-bond donors (Lipinski definition) is 2. The van der Waals surface area contributed by atoms with Crippen LogP contribution in [0.15, 0.2) is 47.6 Å². The van der Waals surface area contributed by atoms with Crippen LogP contribution in [0.4, 0.5) is 0 Å². The summed E-state index contributed by atoms with van der Waals surface area (Å²) in [5.74, 6) is 0.828. The number of carbonyl (C=O) groups excluding carboxylic acids is 1. The molecule has 2 N–H and O–H groups in total. The number of aryl methyl sites for hydroxylation is 1. The van der Waals surface area contributed by atoms with Crippen molar-refractivity contribution in [1.82, 2.24) is 5.43 Å². The van der Waals surface area contributed by atoms with Gasteiger partial charge in [-0.1, -0.05) is 12.1 Å². The molecule has 0 saturated heterocycles. The van der Waals surface area contributed by atoms with Crippen molar-refractivity contribution in [2.45, 2.75) is 13.8 Å². The molecule has 2 rings (SSSR count). The molecule has 0 aliphatic rings. The lowest BCUT2D eigenvalue weighted by Crippen LogP contribution is -2.24. The van der Waals surface area contributed by atoms with Crippen LogP contribution >= 0.6 is 0 Å². The maximum atomic E-state index is 11.7. The molecule has 0 heterocycles. The highest BCUT2D eigenvalue weighted by Gasteiger charge is 2.03. The van der Waals surface area contributed by atoms with Crippen LogP contribution in [0.3, 0.4) is 0 Å². The van der Waals surface area contributed by atoms with Gasteiger partial charge in [-0.2, -0.15) is 5.10 Å². The number of carbonyl (C=O) groups is 1. The standard InChI is InChI=1S/C18H20N2O4/c1-3-23-16-8-7-14(17(21)10-16)11-19-20-18(22)12-24-15-6-4-5-13(2)9-15/h4-11,21H,3,12H2,1-2H3,(H,20,22). The minimum atomic E-state index is -0.391. The summed E-state index contributed by atoms with van der Waals surface area (Å²) in [6, 6.07) is 12.3. The van der Waals surface area contributed by atoms with E-state index in [0.717, 1.165) is 5.56 Å². The van der Waals surface area contributed by atoms with E-state index in [1.807, 2.05) is 32.0 Å². The van der Waals surface area contributed by atoms with E-state index >= 15 is 0 Å². The number of ether oxygens (including phenoxy) is 2. The zero-order valence-electron chi connectivity index (χ0n) is 13.7. The lowest BCUT2D eigenvalue weighted by molar-refractivity contribution is -0.123. The Hall–Kier alpha value is -3.02. The zero-order chi connectivity index (χ0) is 17.4. The molecular formula is C18H20N2O4. The predicted octanol–water partition coefficient (Wildman–Crippen LogP) is 2.63. The van der Waals surface area contributed by atoms with Gasteiger partial charge in [-0.05, 0) is 43.7 Å². The minimum Gasteiger partial charge on any atom is -0.507 e. The van der Waals surface area contributed by atoms with Crippen molar-refractivity contribution in [3.05, 3.63) is 53.6 Å². The van der Waals surface area contributed by atoms with E-state index in [0.29, 0.717) is 23.7 Å². The number of phenolic OH excluding ortho intramolecular Hbond substituents is 1. The van der Waals surface area contributed by atoms with Crippen molar-refractivity contribution in [2.75, 3.05) is 13.2 Å². The van der Waals surface area contributed by atoms with E-state index in [9.17, 15) is 9.90 Å². The fraction of sp³-hybridized carbons (Fsp3) is 0.222. The quantitative estimate of drug-likeness (QED) is 0.605. The number of nitrogens with one attached hydrogen (secondary N) is 1. The van der Waals surface area contributed by atoms with Gasteiger partial charge >= 0.3 is 0 Å². The summed E-state index contributed by atoms with van der Waals surface area (Å²) in [5.41, 5.74) is 3.87. The average molecular weight is 328 g/mol. The van der Waals surface area contributed by atoms with Gasteiger partial charge < -0.3 is 14.6 Å². The number of aromatic hydroxyl groups is 1. The summed E-state index contributed by atoms with van der Waals surface area (Å²) in [6.07, 6.45) is 1.36. The Balaban J connectivity index is 1.83. The van der Waals surface area contributed by atoms with E-state index in [-0.39, 0.29) is 12.4 Å². The fourth-order valence-electron chi connectivity index (χ4n) is 1.95. The van der Waals surface area contributed by atoms with Crippen LogP contribution in [0.1, 0.15) is 18.1 Å². The molecule has 0 aliphatic carbocycles. The topological polar surface area (TPSA) is 80.2 Å². The van der Waals surface area contributed by atoms with Gasteiger partial charge in [-0.15, -0.1) is 0 Å². The Morgan fingerprint density at radius 2 is 2.00 bits per heavy atom. The lowest BCUT2D eigenvalue weighted by atomic mass is 10.2. The number of benzene rings is 2. The van der Waals surface area contributed by atoms with Crippen molar-refractivity contribution < 1.29 is 19.4 Å². The molecule has 24 heavy (non-hydrogen) atoms. The lowest BCUT2D eigenvalue weighted by Gasteiger charge is -2.06. The Morgan fingerprint density at radius 1 is 1.21 bits per heavy atom. The van der Waals surface area contributed by atoms with Gasteiger partial charge in [0.2, 0.25) is 0 Å². The molecule has 0 bridgehead atoms. The molecule has 0 unspecified atom stereocenters. The molecule has 0 aromatic heterocycles. The molecule has 6 heteroatoms. The maximum absolute atomic E-state index is 11.7. The Bertz CT molecular complexity index is 729. The van der Waals surface area contributed by atoms with Crippen LogP contribution < -0.4 is 14.9 Å². The number of rotatable bonds is 7. The molecule has 0 atom stereocenters. The van der Waals surface area contributed by atoms with Gasteiger partial charge in [0, 0.05) is 11.6 Å². The van der Waals surface area contributed by atoms with Gasteiger partial charge in [0.05, 0.1) is 12.8 Å². The first kappa shape index (κ1) is 17.3. The summed E-state index contributed by atoms with van der Waals surface area (Å²) >= 11 is 0. The number of nitrogens with zero attached hydrogens (tertiary/aromatic N) is 1. The Labute approximate surface area is 140 Å². The molecule has 1 amide bonds. The van der Waals surface area contributed by atoms with Gasteiger partial charge in [0.15, 0.2) is 6.61 Å². The van der Waals surface area contributed by atoms with Gasteiger partial charge in [-0.25, -0.2) is 5.43 Å². The van der Waals surface area contributed by atoms with Crippen LogP contribution in [0.5, 0.6) is 17.2 Å². The zero-order valence-corrected chi connectivity index (χ0v) is 13.7. The van der Waals surface area contributed by atoms with Crippen molar-refractivity contribution in [3.8, 4) is 17.2 Å². The third-order valence-corrected chi connectivity index (χ3v) is 3.07. The smallest absolute Gasteiger partial charge is 0.277 e. The highest BCUT2D eigenvalue weighted by Crippen LogP contribution is 2.22. The van der Waals surface area contributed by atoms with Crippen LogP contribution in [0.25, 0.3) is 0 Å². The molecule has 2 aromatic rings. The number of amides is 1. The van der Waals surface area contributed by atoms with E-state index in [1.165, 1.54) is 12.3 Å². The molecule has 0 aliphatic heterocycles. The first-order valence-corrected chi connectivity index (χ1v) is 7.55. The fourth-order valence-corrected chi connectivity index (χ4v) is 1.95. The molecule has 2 aromatic carbocycles. The van der Waals surface area contributed by atoms with Crippen molar-refractivity contribution in [2.24, 2.45) is 5.10 Å². The number of hydrogen-bond acceptors (Lipinski definition) is 5. The second-order valence-corrected chi connectivity index (χ2v) is 5.05. The molecule has 0 saturated carbocycles. The summed E-state index contributed by atoms with van der Waals surface area (Å²) < 4.78 is 10.6. The van der Waals surface area contributed by atoms with Crippen molar-refractivity contribution >= 4 is 12.1 Å². The predicted molar refractivity (Wildman–Crippen MR) is 91.7 cm³/mol. The van der Waals surface area contributed by atoms with E-state index in [4.69, 9.17) is 9.47 Å². The van der Waals surface area contributed by atoms with Crippen LogP contribution in [0, 0.1) is 6.92 Å². The molecule has 126 valence electrons. The maximum Gasteiger partial charge on any atom is 0.277 e. The Kier molecular flexibility index (Phi) is 6.19. The monoisotopic (exact) mass is 328 g/mol. The van der Waals surface area contributed by atoms with Crippen LogP contribution in [0.2, 0.25) is 0 Å². The van der Waals surface area contributed by atoms with Gasteiger partial charge in [-0.3, -0.25) is 4.79 Å². The molecule has 6 nitrogen and oxygen atoms in total. The minimum absolute atomic E-state index is 0.0231. The highest BCUT2D eigenvalue weighted by molar-refractivity contribution is 5.85. The first-order valence-electron chi connectivity index (χ1n) is 7.55. The molecule has 0 fully saturated rings. The molecular weight excluding hydrogens is 308 g/mol. The van der Waals surface area contributed by atoms with Crippen LogP contribution in [-0.4, -0.2) is 30.4 Å². The molecule has 0 spiro atoms. The Morgan fingerprint density at radius 3 is 2.71 bits per heavy atom. The first-order chi connectivity index (χ1) is 11.6. The largest absolute Gasteiger partial charge is 0.507 e. The SMILES string of the molecule is CCOc1ccc(C=NNC(=O)COc2cccc(C)c2)c(O)c1. The second kappa shape index (κ2) is 8.57. The third kappa shape index (κ3) is 5.31. The normalized spacial score (nSPS) is 10.6. The van der Waals surface area contributed by atoms with Gasteiger partial charge in [0.25, 0.3) is 5.91 Å². The molecule has 0 radical (unpaired) electrons. The average Bonchev–Trinajstić information content (AvgIpc) is 2.55. The van der Waals surface area contributed by atoms with E-state index < -0.39 is 5.91 Å². The summed E-state index contributed by atoms with van der Waals surface area (Å²) in [7, 11) is 0. The van der Waals surface area contributed by atoms with Crippen LogP contribution in [-0.2, 0) is 4.79 Å². The summed E-state index contributed by atoms with van der Waals surface area (Å²) in [5, 5.41) is 13.7. The van der Waals surface area contributed by atoms with Gasteiger partial charge in [0.1, 0.15) is 17.2 Å². The summed E-state index contributed by atoms with van der Waals surface area (Å²) in [6.45, 7) is 4.18. The summed E-state index contributed by atoms with van der Waals surface area (Å²) in [4.78, 5) is 11.7. The van der Waals surface area contributed by atoms with Crippen molar-refractivity contribution in [3.63, 3.8) is 0 Å². The number of hydrazone groups is 1. The third-order valence-electron chi connectivity index (χ3n) is 3.07. The number of phenols is 1. The second-order valence-electron chi connectivity index (χ2n) is 5.05.